The SMILES string of the molecule is CC(C)(C)OC(=O)NC(CCCCNCCNC(=O)C(O)C(N)Cc1ccccc1)Cc1cc(F)ccc1F. The van der Waals surface area contributed by atoms with E-state index in [2.05, 4.69) is 16.0 Å². The molecule has 0 fully saturated rings. The van der Waals surface area contributed by atoms with Gasteiger partial charge in [-0.2, -0.15) is 0 Å². The number of halogens is 2. The molecule has 216 valence electrons. The number of benzene rings is 2. The summed E-state index contributed by atoms with van der Waals surface area (Å²) in [5.74, 6) is -1.58. The molecule has 2 aromatic rings. The van der Waals surface area contributed by atoms with Crippen molar-refractivity contribution in [1.29, 1.82) is 0 Å². The lowest BCUT2D eigenvalue weighted by Gasteiger charge is -2.24. The van der Waals surface area contributed by atoms with Gasteiger partial charge in [-0.3, -0.25) is 4.79 Å². The van der Waals surface area contributed by atoms with Crippen LogP contribution in [0.1, 0.15) is 51.2 Å². The highest BCUT2D eigenvalue weighted by Gasteiger charge is 2.23. The smallest absolute Gasteiger partial charge is 0.407 e. The number of unbranched alkanes of at least 4 members (excludes halogenated alkanes) is 1. The van der Waals surface area contributed by atoms with Crippen LogP contribution in [0.5, 0.6) is 0 Å². The maximum absolute atomic E-state index is 14.2. The number of aliphatic hydroxyl groups is 1. The van der Waals surface area contributed by atoms with E-state index in [4.69, 9.17) is 10.5 Å². The Morgan fingerprint density at radius 3 is 2.41 bits per heavy atom. The van der Waals surface area contributed by atoms with E-state index in [0.29, 0.717) is 38.9 Å². The summed E-state index contributed by atoms with van der Waals surface area (Å²) in [7, 11) is 0. The van der Waals surface area contributed by atoms with Crippen molar-refractivity contribution in [1.82, 2.24) is 16.0 Å². The third-order valence-corrected chi connectivity index (χ3v) is 5.94. The first-order chi connectivity index (χ1) is 18.4. The molecule has 0 aliphatic rings. The van der Waals surface area contributed by atoms with E-state index in [9.17, 15) is 23.5 Å². The molecule has 39 heavy (non-hydrogen) atoms. The number of ether oxygens (including phenoxy) is 1. The number of carbonyl (C=O) groups excluding carboxylic acids is 2. The molecule has 0 bridgehead atoms. The second kappa shape index (κ2) is 16.1. The van der Waals surface area contributed by atoms with Gasteiger partial charge in [0.05, 0.1) is 0 Å². The second-order valence-electron chi connectivity index (χ2n) is 10.6. The van der Waals surface area contributed by atoms with Crippen molar-refractivity contribution >= 4 is 12.0 Å². The molecule has 0 spiro atoms. The van der Waals surface area contributed by atoms with Crippen molar-refractivity contribution in [3.05, 3.63) is 71.3 Å². The Labute approximate surface area is 229 Å². The molecule has 0 aliphatic carbocycles. The molecule has 3 unspecified atom stereocenters. The number of carbonyl (C=O) groups is 2. The molecule has 2 amide bonds. The van der Waals surface area contributed by atoms with Crippen LogP contribution in [0.4, 0.5) is 13.6 Å². The summed E-state index contributed by atoms with van der Waals surface area (Å²) < 4.78 is 33.1. The molecule has 2 aromatic carbocycles. The molecule has 3 atom stereocenters. The summed E-state index contributed by atoms with van der Waals surface area (Å²) in [5.41, 5.74) is 6.44. The lowest BCUT2D eigenvalue weighted by Crippen LogP contribution is -2.48. The van der Waals surface area contributed by atoms with Gasteiger partial charge in [-0.1, -0.05) is 36.8 Å². The quantitative estimate of drug-likeness (QED) is 0.218. The fourth-order valence-corrected chi connectivity index (χ4v) is 4.00. The number of hydrogen-bond donors (Lipinski definition) is 5. The molecule has 0 heterocycles. The largest absolute Gasteiger partial charge is 0.444 e. The maximum Gasteiger partial charge on any atom is 0.407 e. The van der Waals surface area contributed by atoms with Gasteiger partial charge in [0, 0.05) is 25.2 Å². The topological polar surface area (TPSA) is 126 Å². The number of aliphatic hydroxyl groups excluding tert-OH is 1. The van der Waals surface area contributed by atoms with Gasteiger partial charge in [0.2, 0.25) is 0 Å². The van der Waals surface area contributed by atoms with Crippen molar-refractivity contribution in [2.24, 2.45) is 5.73 Å². The number of nitrogens with one attached hydrogen (secondary N) is 3. The van der Waals surface area contributed by atoms with Crippen molar-refractivity contribution in [3.8, 4) is 0 Å². The van der Waals surface area contributed by atoms with Crippen molar-refractivity contribution in [2.45, 2.75) is 76.7 Å². The molecule has 0 saturated heterocycles. The van der Waals surface area contributed by atoms with E-state index in [1.165, 1.54) is 0 Å². The molecular weight excluding hydrogens is 506 g/mol. The van der Waals surface area contributed by atoms with E-state index < -0.39 is 47.4 Å². The lowest BCUT2D eigenvalue weighted by molar-refractivity contribution is -0.130. The first-order valence-electron chi connectivity index (χ1n) is 13.3. The summed E-state index contributed by atoms with van der Waals surface area (Å²) in [5, 5.41) is 18.9. The van der Waals surface area contributed by atoms with E-state index in [1.807, 2.05) is 30.3 Å². The maximum atomic E-state index is 14.2. The zero-order chi connectivity index (χ0) is 28.8. The first-order valence-corrected chi connectivity index (χ1v) is 13.3. The van der Waals surface area contributed by atoms with Gasteiger partial charge in [-0.15, -0.1) is 0 Å². The van der Waals surface area contributed by atoms with Gasteiger partial charge < -0.3 is 31.5 Å². The summed E-state index contributed by atoms with van der Waals surface area (Å²) in [6.45, 7) is 6.74. The highest BCUT2D eigenvalue weighted by molar-refractivity contribution is 5.81. The van der Waals surface area contributed by atoms with E-state index in [1.54, 1.807) is 20.8 Å². The number of amides is 2. The zero-order valence-electron chi connectivity index (χ0n) is 23.0. The van der Waals surface area contributed by atoms with Gasteiger partial charge in [0.25, 0.3) is 5.91 Å². The number of rotatable bonds is 15. The van der Waals surface area contributed by atoms with E-state index in [-0.39, 0.29) is 12.0 Å². The third kappa shape index (κ3) is 13.0. The molecule has 0 aromatic heterocycles. The van der Waals surface area contributed by atoms with Gasteiger partial charge in [0.15, 0.2) is 0 Å². The predicted octanol–water partition coefficient (Wildman–Crippen LogP) is 3.21. The monoisotopic (exact) mass is 548 g/mol. The minimum atomic E-state index is -1.30. The fourth-order valence-electron chi connectivity index (χ4n) is 4.00. The molecule has 0 radical (unpaired) electrons. The molecular formula is C29H42F2N4O4. The summed E-state index contributed by atoms with van der Waals surface area (Å²) >= 11 is 0. The fraction of sp³-hybridized carbons (Fsp3) is 0.517. The standard InChI is InChI=1S/C29H42F2N4O4/c1-29(2,3)39-28(38)35-23(19-21-18-22(30)12-13-24(21)31)11-7-8-14-33-15-16-34-27(37)26(36)25(32)17-20-9-5-4-6-10-20/h4-6,9-10,12-13,18,23,25-26,33,36H,7-8,11,14-17,19,32H2,1-3H3,(H,34,37)(H,35,38). The molecule has 10 heteroatoms. The molecule has 8 nitrogen and oxygen atoms in total. The summed E-state index contributed by atoms with van der Waals surface area (Å²) in [6.07, 6.45) is 0.631. The van der Waals surface area contributed by atoms with Gasteiger partial charge in [-0.05, 0) is 82.3 Å². The van der Waals surface area contributed by atoms with E-state index in [0.717, 1.165) is 30.2 Å². The first kappa shape index (κ1) is 32.1. The average Bonchev–Trinajstić information content (AvgIpc) is 2.86. The minimum absolute atomic E-state index is 0.136. The Kier molecular flexibility index (Phi) is 13.3. The molecule has 0 aliphatic heterocycles. The minimum Gasteiger partial charge on any atom is -0.444 e. The Morgan fingerprint density at radius 1 is 1.00 bits per heavy atom. The van der Waals surface area contributed by atoms with Crippen LogP contribution in [-0.2, 0) is 22.4 Å². The van der Waals surface area contributed by atoms with Crippen LogP contribution in [0.3, 0.4) is 0 Å². The highest BCUT2D eigenvalue weighted by Crippen LogP contribution is 2.16. The molecule has 2 rings (SSSR count). The van der Waals surface area contributed by atoms with Crippen molar-refractivity contribution in [3.63, 3.8) is 0 Å². The van der Waals surface area contributed by atoms with Gasteiger partial charge >= 0.3 is 6.09 Å². The third-order valence-electron chi connectivity index (χ3n) is 5.94. The highest BCUT2D eigenvalue weighted by atomic mass is 19.1. The predicted molar refractivity (Wildman–Crippen MR) is 147 cm³/mol. The van der Waals surface area contributed by atoms with Crippen LogP contribution >= 0.6 is 0 Å². The molecule has 0 saturated carbocycles. The summed E-state index contributed by atoms with van der Waals surface area (Å²) in [4.78, 5) is 24.5. The number of hydrogen-bond acceptors (Lipinski definition) is 6. The van der Waals surface area contributed by atoms with Gasteiger partial charge in [0.1, 0.15) is 23.3 Å². The van der Waals surface area contributed by atoms with Crippen LogP contribution < -0.4 is 21.7 Å². The zero-order valence-corrected chi connectivity index (χ0v) is 23.0. The van der Waals surface area contributed by atoms with Gasteiger partial charge in [-0.25, -0.2) is 13.6 Å². The number of alkyl carbamates (subject to hydrolysis) is 1. The van der Waals surface area contributed by atoms with Crippen LogP contribution in [0.15, 0.2) is 48.5 Å². The number of nitrogens with two attached hydrogens (primary N) is 1. The molecule has 6 N–H and O–H groups in total. The van der Waals surface area contributed by atoms with Crippen LogP contribution in [0.25, 0.3) is 0 Å². The van der Waals surface area contributed by atoms with Crippen LogP contribution in [0, 0.1) is 11.6 Å². The average molecular weight is 549 g/mol. The van der Waals surface area contributed by atoms with Crippen molar-refractivity contribution < 1.29 is 28.2 Å². The Bertz CT molecular complexity index is 1030. The van der Waals surface area contributed by atoms with Crippen LogP contribution in [0.2, 0.25) is 0 Å². The Balaban J connectivity index is 1.70. The lowest BCUT2D eigenvalue weighted by atomic mass is 10.0. The Morgan fingerprint density at radius 2 is 1.72 bits per heavy atom. The normalized spacial score (nSPS) is 13.8. The summed E-state index contributed by atoms with van der Waals surface area (Å²) in [6, 6.07) is 11.6. The Hall–Kier alpha value is -3.08. The van der Waals surface area contributed by atoms with Crippen molar-refractivity contribution in [2.75, 3.05) is 19.6 Å². The second-order valence-corrected chi connectivity index (χ2v) is 10.6. The van der Waals surface area contributed by atoms with Crippen LogP contribution in [-0.4, -0.2) is 60.5 Å². The van der Waals surface area contributed by atoms with E-state index >= 15 is 0 Å².